The molecule has 0 aliphatic carbocycles. The number of aromatic nitrogens is 1. The van der Waals surface area contributed by atoms with Crippen LogP contribution in [0.15, 0.2) is 6.20 Å². The van der Waals surface area contributed by atoms with Crippen molar-refractivity contribution in [3.8, 4) is 0 Å². The van der Waals surface area contributed by atoms with Crippen molar-refractivity contribution < 1.29 is 5.11 Å². The predicted octanol–water partition coefficient (Wildman–Crippen LogP) is 1.04. The van der Waals surface area contributed by atoms with Crippen molar-refractivity contribution in [1.29, 1.82) is 0 Å². The average molecular weight is 219 g/mol. The molecule has 1 aromatic heterocycles. The van der Waals surface area contributed by atoms with E-state index in [1.54, 1.807) is 18.0 Å². The van der Waals surface area contributed by atoms with E-state index in [0.29, 0.717) is 0 Å². The summed E-state index contributed by atoms with van der Waals surface area (Å²) in [5.41, 5.74) is 2.50. The molecule has 1 heterocycles. The second kappa shape index (κ2) is 5.43. The molecular weight excluding hydrogens is 206 g/mol. The number of hydrogen-bond acceptors (Lipinski definition) is 6. The normalized spacial score (nSPS) is 12.8. The number of nitrogens with zero attached hydrogens (tertiary/aromatic N) is 1. The van der Waals surface area contributed by atoms with Crippen molar-refractivity contribution >= 4 is 28.2 Å². The van der Waals surface area contributed by atoms with Gasteiger partial charge in [-0.25, -0.2) is 10.8 Å². The first-order valence-electron chi connectivity index (χ1n) is 3.90. The predicted molar refractivity (Wildman–Crippen MR) is 57.8 cm³/mol. The van der Waals surface area contributed by atoms with Crippen LogP contribution in [0.3, 0.4) is 0 Å². The van der Waals surface area contributed by atoms with Crippen LogP contribution in [0, 0.1) is 0 Å². The Labute approximate surface area is 85.5 Å². The van der Waals surface area contributed by atoms with Crippen molar-refractivity contribution in [1.82, 2.24) is 4.98 Å². The minimum atomic E-state index is 0.214. The highest BCUT2D eigenvalue weighted by molar-refractivity contribution is 7.99. The third kappa shape index (κ3) is 3.51. The van der Waals surface area contributed by atoms with Crippen molar-refractivity contribution in [2.45, 2.75) is 17.9 Å². The van der Waals surface area contributed by atoms with Crippen LogP contribution < -0.4 is 11.3 Å². The number of thiazole rings is 1. The molecule has 0 radical (unpaired) electrons. The van der Waals surface area contributed by atoms with Crippen LogP contribution in [-0.2, 0) is 5.75 Å². The number of nitrogen functional groups attached to an aromatic ring is 1. The summed E-state index contributed by atoms with van der Waals surface area (Å²) in [4.78, 5) is 5.21. The van der Waals surface area contributed by atoms with Gasteiger partial charge in [0.15, 0.2) is 5.13 Å². The average Bonchev–Trinajstić information content (AvgIpc) is 2.61. The van der Waals surface area contributed by atoms with Crippen molar-refractivity contribution in [2.75, 3.05) is 12.0 Å². The fraction of sp³-hybridized carbons (Fsp3) is 0.571. The zero-order valence-corrected chi connectivity index (χ0v) is 8.99. The highest BCUT2D eigenvalue weighted by atomic mass is 32.2. The van der Waals surface area contributed by atoms with Crippen molar-refractivity contribution in [3.05, 3.63) is 11.1 Å². The number of hydrazine groups is 1. The van der Waals surface area contributed by atoms with Gasteiger partial charge in [-0.1, -0.05) is 6.92 Å². The smallest absolute Gasteiger partial charge is 0.197 e. The summed E-state index contributed by atoms with van der Waals surface area (Å²) in [6.07, 6.45) is 1.80. The summed E-state index contributed by atoms with van der Waals surface area (Å²) in [5.74, 6) is 6.07. The molecule has 0 amide bonds. The molecule has 6 heteroatoms. The van der Waals surface area contributed by atoms with Crippen LogP contribution in [0.1, 0.15) is 11.8 Å². The fourth-order valence-electron chi connectivity index (χ4n) is 0.718. The first-order valence-corrected chi connectivity index (χ1v) is 5.76. The number of thioether (sulfide) groups is 1. The quantitative estimate of drug-likeness (QED) is 0.510. The van der Waals surface area contributed by atoms with Gasteiger partial charge >= 0.3 is 0 Å². The van der Waals surface area contributed by atoms with E-state index in [1.165, 1.54) is 16.2 Å². The number of nitrogens with two attached hydrogens (primary N) is 1. The van der Waals surface area contributed by atoms with Crippen LogP contribution in [0.5, 0.6) is 0 Å². The molecule has 0 saturated carbocycles. The van der Waals surface area contributed by atoms with Crippen LogP contribution in [0.25, 0.3) is 0 Å². The first kappa shape index (κ1) is 10.8. The van der Waals surface area contributed by atoms with Gasteiger partial charge < -0.3 is 5.11 Å². The molecule has 4 nitrogen and oxygen atoms in total. The topological polar surface area (TPSA) is 71.2 Å². The number of aliphatic hydroxyl groups excluding tert-OH is 1. The van der Waals surface area contributed by atoms with Gasteiger partial charge in [0, 0.05) is 22.1 Å². The molecule has 4 N–H and O–H groups in total. The summed E-state index contributed by atoms with van der Waals surface area (Å²) in [6.45, 7) is 2.21. The van der Waals surface area contributed by atoms with Crippen LogP contribution in [-0.4, -0.2) is 21.9 Å². The molecular formula is C7H13N3OS2. The SMILES string of the molecule is CC(CO)SCc1cnc(NN)s1. The maximum Gasteiger partial charge on any atom is 0.197 e. The second-order valence-electron chi connectivity index (χ2n) is 2.58. The lowest BCUT2D eigenvalue weighted by molar-refractivity contribution is 0.300. The van der Waals surface area contributed by atoms with Gasteiger partial charge in [0.25, 0.3) is 0 Å². The van der Waals surface area contributed by atoms with Crippen LogP contribution >= 0.6 is 23.1 Å². The third-order valence-electron chi connectivity index (χ3n) is 1.44. The zero-order chi connectivity index (χ0) is 9.68. The molecule has 1 aromatic rings. The summed E-state index contributed by atoms with van der Waals surface area (Å²) in [7, 11) is 0. The Kier molecular flexibility index (Phi) is 4.51. The molecule has 0 aliphatic rings. The van der Waals surface area contributed by atoms with Gasteiger partial charge in [-0.05, 0) is 0 Å². The van der Waals surface area contributed by atoms with E-state index < -0.39 is 0 Å². The highest BCUT2D eigenvalue weighted by Gasteiger charge is 2.04. The van der Waals surface area contributed by atoms with E-state index in [0.717, 1.165) is 10.9 Å². The van der Waals surface area contributed by atoms with E-state index in [-0.39, 0.29) is 11.9 Å². The molecule has 0 spiro atoms. The van der Waals surface area contributed by atoms with Crippen molar-refractivity contribution in [2.24, 2.45) is 5.84 Å². The molecule has 1 atom stereocenters. The van der Waals surface area contributed by atoms with E-state index in [9.17, 15) is 0 Å². The van der Waals surface area contributed by atoms with Gasteiger partial charge in [-0.15, -0.1) is 11.3 Å². The Bertz CT molecular complexity index is 254. The van der Waals surface area contributed by atoms with E-state index >= 15 is 0 Å². The van der Waals surface area contributed by atoms with Gasteiger partial charge in [0.2, 0.25) is 0 Å². The Morgan fingerprint density at radius 1 is 1.85 bits per heavy atom. The minimum Gasteiger partial charge on any atom is -0.395 e. The maximum absolute atomic E-state index is 8.80. The fourth-order valence-corrected chi connectivity index (χ4v) is 2.30. The number of anilines is 1. The summed E-state index contributed by atoms with van der Waals surface area (Å²) in [6, 6.07) is 0. The summed E-state index contributed by atoms with van der Waals surface area (Å²) >= 11 is 3.24. The van der Waals surface area contributed by atoms with Crippen LogP contribution in [0.4, 0.5) is 5.13 Å². The maximum atomic E-state index is 8.80. The molecule has 0 saturated heterocycles. The molecule has 1 unspecified atom stereocenters. The zero-order valence-electron chi connectivity index (χ0n) is 7.36. The molecule has 1 rings (SSSR count). The Balaban J connectivity index is 2.36. The van der Waals surface area contributed by atoms with Gasteiger partial charge in [-0.2, -0.15) is 11.8 Å². The van der Waals surface area contributed by atoms with Gasteiger partial charge in [-0.3, -0.25) is 5.43 Å². The Morgan fingerprint density at radius 2 is 2.62 bits per heavy atom. The lowest BCUT2D eigenvalue weighted by Crippen LogP contribution is -2.05. The molecule has 74 valence electrons. The van der Waals surface area contributed by atoms with Crippen LogP contribution in [0.2, 0.25) is 0 Å². The monoisotopic (exact) mass is 219 g/mol. The largest absolute Gasteiger partial charge is 0.395 e. The number of aliphatic hydroxyl groups is 1. The molecule has 0 aromatic carbocycles. The summed E-state index contributed by atoms with van der Waals surface area (Å²) < 4.78 is 0. The third-order valence-corrected chi connectivity index (χ3v) is 3.75. The highest BCUT2D eigenvalue weighted by Crippen LogP contribution is 2.23. The van der Waals surface area contributed by atoms with E-state index in [1.807, 2.05) is 6.92 Å². The summed E-state index contributed by atoms with van der Waals surface area (Å²) in [5, 5.41) is 9.80. The number of rotatable bonds is 5. The lowest BCUT2D eigenvalue weighted by Gasteiger charge is -2.04. The standard InChI is InChI=1S/C7H13N3OS2/c1-5(3-11)12-4-6-2-9-7(10-8)13-6/h2,5,11H,3-4,8H2,1H3,(H,9,10). The van der Waals surface area contributed by atoms with Gasteiger partial charge in [0.05, 0.1) is 6.61 Å². The minimum absolute atomic E-state index is 0.214. The van der Waals surface area contributed by atoms with Gasteiger partial charge in [0.1, 0.15) is 0 Å². The number of hydrogen-bond donors (Lipinski definition) is 3. The molecule has 0 fully saturated rings. The Hall–Kier alpha value is -0.300. The molecule has 13 heavy (non-hydrogen) atoms. The van der Waals surface area contributed by atoms with E-state index in [4.69, 9.17) is 10.9 Å². The van der Waals surface area contributed by atoms with Crippen molar-refractivity contribution in [3.63, 3.8) is 0 Å². The van der Waals surface area contributed by atoms with E-state index in [2.05, 4.69) is 10.4 Å². The molecule has 0 bridgehead atoms. The molecule has 0 aliphatic heterocycles. The Morgan fingerprint density at radius 3 is 3.15 bits per heavy atom. The lowest BCUT2D eigenvalue weighted by atomic mass is 10.5. The number of nitrogens with one attached hydrogen (secondary N) is 1. The first-order chi connectivity index (χ1) is 6.26. The second-order valence-corrected chi connectivity index (χ2v) is 5.12.